The summed E-state index contributed by atoms with van der Waals surface area (Å²) in [5.74, 6) is 1.78. The lowest BCUT2D eigenvalue weighted by molar-refractivity contribution is 0.200. The van der Waals surface area contributed by atoms with Crippen molar-refractivity contribution in [2.45, 2.75) is 33.2 Å². The highest BCUT2D eigenvalue weighted by Crippen LogP contribution is 2.14. The number of ether oxygens (including phenoxy) is 1. The van der Waals surface area contributed by atoms with Gasteiger partial charge in [0.1, 0.15) is 5.82 Å². The van der Waals surface area contributed by atoms with Crippen LogP contribution in [0.5, 0.6) is 0 Å². The molecule has 3 rings (SSSR count). The van der Waals surface area contributed by atoms with E-state index in [1.165, 1.54) is 11.1 Å². The van der Waals surface area contributed by atoms with Gasteiger partial charge in [0.25, 0.3) is 0 Å². The van der Waals surface area contributed by atoms with Gasteiger partial charge < -0.3 is 4.74 Å². The van der Waals surface area contributed by atoms with Crippen molar-refractivity contribution in [3.63, 3.8) is 0 Å². The zero-order valence-corrected chi connectivity index (χ0v) is 15.1. The molecule has 0 spiro atoms. The molecule has 0 fully saturated rings. The van der Waals surface area contributed by atoms with Crippen molar-refractivity contribution in [3.8, 4) is 0 Å². The molecule has 0 saturated carbocycles. The van der Waals surface area contributed by atoms with Gasteiger partial charge in [-0.05, 0) is 19.4 Å². The number of hydrogen-bond donors (Lipinski definition) is 0. The van der Waals surface area contributed by atoms with Gasteiger partial charge in [0.2, 0.25) is 0 Å². The fourth-order valence-corrected chi connectivity index (χ4v) is 3.11. The van der Waals surface area contributed by atoms with E-state index in [2.05, 4.69) is 46.7 Å². The maximum absolute atomic E-state index is 5.15. The van der Waals surface area contributed by atoms with Crippen molar-refractivity contribution in [2.24, 2.45) is 0 Å². The largest absolute Gasteiger partial charge is 0.384 e. The maximum atomic E-state index is 5.15. The van der Waals surface area contributed by atoms with Gasteiger partial charge in [-0.15, -0.1) is 11.3 Å². The standard InChI is InChI=1S/C18H22N4OS/c1-13-4-6-15(7-5-13)11-22-18(10-16-12-24-14(2)19-16)20-17(21-22)8-9-23-3/h4-7,12H,8-11H2,1-3H3. The minimum absolute atomic E-state index is 0.629. The second-order valence-corrected chi connectivity index (χ2v) is 6.93. The number of hydrogen-bond acceptors (Lipinski definition) is 5. The summed E-state index contributed by atoms with van der Waals surface area (Å²) < 4.78 is 7.14. The molecule has 5 nitrogen and oxygen atoms in total. The summed E-state index contributed by atoms with van der Waals surface area (Å²) in [4.78, 5) is 9.25. The van der Waals surface area contributed by atoms with Crippen LogP contribution < -0.4 is 0 Å². The molecule has 6 heteroatoms. The molecule has 0 radical (unpaired) electrons. The minimum Gasteiger partial charge on any atom is -0.384 e. The molecule has 2 heterocycles. The van der Waals surface area contributed by atoms with E-state index >= 15 is 0 Å². The molecule has 1 aromatic carbocycles. The number of methoxy groups -OCH3 is 1. The average molecular weight is 342 g/mol. The van der Waals surface area contributed by atoms with Crippen LogP contribution in [0.2, 0.25) is 0 Å². The highest BCUT2D eigenvalue weighted by molar-refractivity contribution is 7.09. The molecule has 0 saturated heterocycles. The predicted octanol–water partition coefficient (Wildman–Crippen LogP) is 3.18. The average Bonchev–Trinajstić information content (AvgIpc) is 3.14. The molecule has 0 aliphatic carbocycles. The van der Waals surface area contributed by atoms with E-state index in [9.17, 15) is 0 Å². The zero-order valence-electron chi connectivity index (χ0n) is 14.3. The van der Waals surface area contributed by atoms with Crippen LogP contribution >= 0.6 is 11.3 Å². The molecule has 0 bridgehead atoms. The quantitative estimate of drug-likeness (QED) is 0.662. The molecular formula is C18H22N4OS. The van der Waals surface area contributed by atoms with Gasteiger partial charge in [-0.1, -0.05) is 29.8 Å². The van der Waals surface area contributed by atoms with Crippen molar-refractivity contribution in [3.05, 3.63) is 63.1 Å². The number of nitrogens with zero attached hydrogens (tertiary/aromatic N) is 4. The van der Waals surface area contributed by atoms with Crippen LogP contribution in [0.15, 0.2) is 29.6 Å². The molecule has 0 atom stereocenters. The van der Waals surface area contributed by atoms with Crippen LogP contribution in [0.4, 0.5) is 0 Å². The molecule has 0 amide bonds. The lowest BCUT2D eigenvalue weighted by atomic mass is 10.1. The van der Waals surface area contributed by atoms with E-state index < -0.39 is 0 Å². The second kappa shape index (κ2) is 7.68. The SMILES string of the molecule is COCCc1nc(Cc2csc(C)n2)n(Cc2ccc(C)cc2)n1. The number of aromatic nitrogens is 4. The fourth-order valence-electron chi connectivity index (χ4n) is 2.50. The Morgan fingerprint density at radius 2 is 1.92 bits per heavy atom. The molecule has 126 valence electrons. The maximum Gasteiger partial charge on any atom is 0.153 e. The lowest BCUT2D eigenvalue weighted by Gasteiger charge is -2.06. The minimum atomic E-state index is 0.629. The molecule has 0 aliphatic heterocycles. The van der Waals surface area contributed by atoms with Gasteiger partial charge >= 0.3 is 0 Å². The van der Waals surface area contributed by atoms with E-state index in [0.29, 0.717) is 13.0 Å². The molecule has 2 aromatic heterocycles. The van der Waals surface area contributed by atoms with E-state index in [1.807, 2.05) is 11.6 Å². The van der Waals surface area contributed by atoms with Crippen LogP contribution in [-0.4, -0.2) is 33.5 Å². The van der Waals surface area contributed by atoms with Gasteiger partial charge in [-0.25, -0.2) is 14.6 Å². The molecule has 0 unspecified atom stereocenters. The van der Waals surface area contributed by atoms with Crippen molar-refractivity contribution >= 4 is 11.3 Å². The number of rotatable bonds is 7. The van der Waals surface area contributed by atoms with Gasteiger partial charge in [0.15, 0.2) is 5.82 Å². The third-order valence-corrected chi connectivity index (χ3v) is 4.60. The summed E-state index contributed by atoms with van der Waals surface area (Å²) in [6.07, 6.45) is 1.43. The van der Waals surface area contributed by atoms with Gasteiger partial charge in [0, 0.05) is 18.9 Å². The van der Waals surface area contributed by atoms with Crippen LogP contribution in [0.3, 0.4) is 0 Å². The Hall–Kier alpha value is -2.05. The van der Waals surface area contributed by atoms with Gasteiger partial charge in [0.05, 0.1) is 30.3 Å². The Morgan fingerprint density at radius 3 is 2.58 bits per heavy atom. The summed E-state index contributed by atoms with van der Waals surface area (Å²) in [6.45, 7) is 5.47. The Balaban J connectivity index is 1.83. The van der Waals surface area contributed by atoms with Crippen LogP contribution in [0.1, 0.15) is 33.5 Å². The number of aryl methyl sites for hydroxylation is 2. The normalized spacial score (nSPS) is 11.1. The zero-order chi connectivity index (χ0) is 16.9. The first-order valence-electron chi connectivity index (χ1n) is 8.02. The molecular weight excluding hydrogens is 320 g/mol. The van der Waals surface area contributed by atoms with Crippen LogP contribution in [0, 0.1) is 13.8 Å². The topological polar surface area (TPSA) is 52.8 Å². The lowest BCUT2D eigenvalue weighted by Crippen LogP contribution is -2.08. The monoisotopic (exact) mass is 342 g/mol. The van der Waals surface area contributed by atoms with Crippen LogP contribution in [-0.2, 0) is 24.1 Å². The van der Waals surface area contributed by atoms with E-state index in [1.54, 1.807) is 18.4 Å². The summed E-state index contributed by atoms with van der Waals surface area (Å²) in [5.41, 5.74) is 3.53. The first kappa shape index (κ1) is 16.8. The number of thiazole rings is 1. The molecule has 0 N–H and O–H groups in total. The summed E-state index contributed by atoms with van der Waals surface area (Å²) in [5, 5.41) is 7.84. The van der Waals surface area contributed by atoms with Crippen molar-refractivity contribution in [1.82, 2.24) is 19.7 Å². The van der Waals surface area contributed by atoms with Crippen LogP contribution in [0.25, 0.3) is 0 Å². The van der Waals surface area contributed by atoms with Crippen molar-refractivity contribution in [2.75, 3.05) is 13.7 Å². The first-order valence-corrected chi connectivity index (χ1v) is 8.90. The fraction of sp³-hybridized carbons (Fsp3) is 0.389. The third kappa shape index (κ3) is 4.27. The third-order valence-electron chi connectivity index (χ3n) is 3.78. The van der Waals surface area contributed by atoms with E-state index in [-0.39, 0.29) is 0 Å². The molecule has 3 aromatic rings. The highest BCUT2D eigenvalue weighted by atomic mass is 32.1. The summed E-state index contributed by atoms with van der Waals surface area (Å²) in [7, 11) is 1.70. The highest BCUT2D eigenvalue weighted by Gasteiger charge is 2.12. The second-order valence-electron chi connectivity index (χ2n) is 5.86. The Morgan fingerprint density at radius 1 is 1.12 bits per heavy atom. The van der Waals surface area contributed by atoms with Crippen molar-refractivity contribution < 1.29 is 4.74 Å². The number of benzene rings is 1. The Labute approximate surface area is 146 Å². The van der Waals surface area contributed by atoms with Crippen molar-refractivity contribution in [1.29, 1.82) is 0 Å². The summed E-state index contributed by atoms with van der Waals surface area (Å²) >= 11 is 1.67. The summed E-state index contributed by atoms with van der Waals surface area (Å²) in [6, 6.07) is 8.54. The Bertz CT molecular complexity index is 792. The van der Waals surface area contributed by atoms with E-state index in [4.69, 9.17) is 9.72 Å². The molecule has 0 aliphatic rings. The first-order chi connectivity index (χ1) is 11.6. The molecule has 24 heavy (non-hydrogen) atoms. The van der Waals surface area contributed by atoms with E-state index in [0.717, 1.165) is 35.3 Å². The predicted molar refractivity (Wildman–Crippen MR) is 95.5 cm³/mol. The Kier molecular flexibility index (Phi) is 5.37. The van der Waals surface area contributed by atoms with Gasteiger partial charge in [-0.3, -0.25) is 0 Å². The van der Waals surface area contributed by atoms with Gasteiger partial charge in [-0.2, -0.15) is 5.10 Å². The smallest absolute Gasteiger partial charge is 0.153 e.